The molecule has 0 aliphatic rings. The van der Waals surface area contributed by atoms with Gasteiger partial charge in [0.15, 0.2) is 0 Å². The summed E-state index contributed by atoms with van der Waals surface area (Å²) in [5, 5.41) is 9.15. The zero-order chi connectivity index (χ0) is 15.6. The highest BCUT2D eigenvalue weighted by Gasteiger charge is 2.19. The van der Waals surface area contributed by atoms with Crippen LogP contribution in [0.3, 0.4) is 0 Å². The fourth-order valence-electron chi connectivity index (χ4n) is 1.86. The van der Waals surface area contributed by atoms with Crippen molar-refractivity contribution in [3.8, 4) is 0 Å². The SMILES string of the molecule is Cc1ccc(CO)cc1S(=O)(=O)Nc1ncc(Br)cc1C. The van der Waals surface area contributed by atoms with Gasteiger partial charge in [0.1, 0.15) is 5.82 Å². The Kier molecular flexibility index (Phi) is 4.65. The maximum absolute atomic E-state index is 12.5. The van der Waals surface area contributed by atoms with E-state index in [1.807, 2.05) is 0 Å². The average molecular weight is 371 g/mol. The largest absolute Gasteiger partial charge is 0.392 e. The third kappa shape index (κ3) is 3.61. The van der Waals surface area contributed by atoms with Crippen LogP contribution in [-0.2, 0) is 16.6 Å². The molecule has 0 bridgehead atoms. The molecule has 2 rings (SSSR count). The van der Waals surface area contributed by atoms with Crippen LogP contribution in [0.5, 0.6) is 0 Å². The van der Waals surface area contributed by atoms with Crippen LogP contribution >= 0.6 is 15.9 Å². The molecule has 7 heteroatoms. The standard InChI is InChI=1S/C14H15BrN2O3S/c1-9-3-4-11(8-18)6-13(9)21(19,20)17-14-10(2)5-12(15)7-16-14/h3-7,18H,8H2,1-2H3,(H,16,17). The van der Waals surface area contributed by atoms with Crippen molar-refractivity contribution in [3.05, 3.63) is 51.6 Å². The first kappa shape index (κ1) is 15.9. The van der Waals surface area contributed by atoms with Crippen molar-refractivity contribution in [2.24, 2.45) is 0 Å². The normalized spacial score (nSPS) is 11.4. The number of hydrogen-bond donors (Lipinski definition) is 2. The van der Waals surface area contributed by atoms with Gasteiger partial charge in [-0.2, -0.15) is 0 Å². The Morgan fingerprint density at radius 2 is 1.95 bits per heavy atom. The summed E-state index contributed by atoms with van der Waals surface area (Å²) >= 11 is 3.28. The van der Waals surface area contributed by atoms with E-state index >= 15 is 0 Å². The second-order valence-corrected chi connectivity index (χ2v) is 7.25. The molecule has 0 aliphatic heterocycles. The van der Waals surface area contributed by atoms with Gasteiger partial charge in [-0.3, -0.25) is 4.72 Å². The third-order valence-corrected chi connectivity index (χ3v) is 4.92. The molecular formula is C14H15BrN2O3S. The first-order chi connectivity index (χ1) is 9.83. The molecule has 0 amide bonds. The molecule has 2 N–H and O–H groups in total. The molecule has 0 radical (unpaired) electrons. The van der Waals surface area contributed by atoms with Crippen molar-refractivity contribution in [1.82, 2.24) is 4.98 Å². The summed E-state index contributed by atoms with van der Waals surface area (Å²) < 4.78 is 28.2. The van der Waals surface area contributed by atoms with Gasteiger partial charge in [-0.25, -0.2) is 13.4 Å². The van der Waals surface area contributed by atoms with E-state index in [2.05, 4.69) is 25.6 Å². The predicted octanol–water partition coefficient (Wildman–Crippen LogP) is 2.75. The summed E-state index contributed by atoms with van der Waals surface area (Å²) in [5.74, 6) is 0.284. The number of aliphatic hydroxyl groups is 1. The second kappa shape index (κ2) is 6.13. The molecule has 0 spiro atoms. The Labute approximate surface area is 132 Å². The lowest BCUT2D eigenvalue weighted by Crippen LogP contribution is -2.16. The highest BCUT2D eigenvalue weighted by Crippen LogP contribution is 2.23. The zero-order valence-electron chi connectivity index (χ0n) is 11.6. The summed E-state index contributed by atoms with van der Waals surface area (Å²) in [4.78, 5) is 4.21. The van der Waals surface area contributed by atoms with Gasteiger partial charge in [0.25, 0.3) is 10.0 Å². The van der Waals surface area contributed by atoms with Gasteiger partial charge in [0.05, 0.1) is 11.5 Å². The highest BCUT2D eigenvalue weighted by atomic mass is 79.9. The molecule has 1 aromatic carbocycles. The lowest BCUT2D eigenvalue weighted by atomic mass is 10.2. The number of aromatic nitrogens is 1. The van der Waals surface area contributed by atoms with E-state index in [1.54, 1.807) is 32.0 Å². The summed E-state index contributed by atoms with van der Waals surface area (Å²) in [5.41, 5.74) is 1.86. The van der Waals surface area contributed by atoms with Gasteiger partial charge in [0, 0.05) is 10.7 Å². The van der Waals surface area contributed by atoms with E-state index in [1.165, 1.54) is 12.3 Å². The fraction of sp³-hybridized carbons (Fsp3) is 0.214. The Bertz CT molecular complexity index is 776. The maximum Gasteiger partial charge on any atom is 0.263 e. The molecule has 1 aromatic heterocycles. The zero-order valence-corrected chi connectivity index (χ0v) is 14.0. The summed E-state index contributed by atoms with van der Waals surface area (Å²) in [7, 11) is -3.75. The van der Waals surface area contributed by atoms with Gasteiger partial charge in [-0.15, -0.1) is 0 Å². The minimum absolute atomic E-state index is 0.137. The average Bonchev–Trinajstić information content (AvgIpc) is 2.42. The van der Waals surface area contributed by atoms with Crippen molar-refractivity contribution in [2.45, 2.75) is 25.3 Å². The lowest BCUT2D eigenvalue weighted by molar-refractivity contribution is 0.281. The number of nitrogens with one attached hydrogen (secondary N) is 1. The van der Waals surface area contributed by atoms with Crippen LogP contribution in [0.2, 0.25) is 0 Å². The number of benzene rings is 1. The van der Waals surface area contributed by atoms with E-state index in [0.717, 1.165) is 4.47 Å². The molecule has 0 atom stereocenters. The molecule has 112 valence electrons. The molecule has 0 unspecified atom stereocenters. The topological polar surface area (TPSA) is 79.3 Å². The number of hydrogen-bond acceptors (Lipinski definition) is 4. The van der Waals surface area contributed by atoms with Gasteiger partial charge in [-0.05, 0) is 58.6 Å². The van der Waals surface area contributed by atoms with Crippen LogP contribution in [-0.4, -0.2) is 18.5 Å². The first-order valence-electron chi connectivity index (χ1n) is 6.19. The number of anilines is 1. The first-order valence-corrected chi connectivity index (χ1v) is 8.46. The molecule has 0 saturated heterocycles. The molecular weight excluding hydrogens is 356 g/mol. The Hall–Kier alpha value is -1.44. The molecule has 0 fully saturated rings. The summed E-state index contributed by atoms with van der Waals surface area (Å²) in [6.45, 7) is 3.27. The van der Waals surface area contributed by atoms with Crippen LogP contribution in [0.1, 0.15) is 16.7 Å². The molecule has 21 heavy (non-hydrogen) atoms. The second-order valence-electron chi connectivity index (χ2n) is 4.68. The quantitative estimate of drug-likeness (QED) is 0.866. The number of nitrogens with zero attached hydrogens (tertiary/aromatic N) is 1. The van der Waals surface area contributed by atoms with Gasteiger partial charge >= 0.3 is 0 Å². The Morgan fingerprint density at radius 1 is 1.24 bits per heavy atom. The van der Waals surface area contributed by atoms with Gasteiger partial charge < -0.3 is 5.11 Å². The fourth-order valence-corrected chi connectivity index (χ4v) is 3.68. The molecule has 5 nitrogen and oxygen atoms in total. The van der Waals surface area contributed by atoms with E-state index in [9.17, 15) is 8.42 Å². The van der Waals surface area contributed by atoms with Crippen LogP contribution in [0.4, 0.5) is 5.82 Å². The minimum Gasteiger partial charge on any atom is -0.392 e. The Balaban J connectivity index is 2.43. The number of halogens is 1. The van der Waals surface area contributed by atoms with Crippen molar-refractivity contribution >= 4 is 31.8 Å². The van der Waals surface area contributed by atoms with Crippen LogP contribution in [0, 0.1) is 13.8 Å². The van der Waals surface area contributed by atoms with Gasteiger partial charge in [-0.1, -0.05) is 12.1 Å². The van der Waals surface area contributed by atoms with E-state index in [4.69, 9.17) is 5.11 Å². The van der Waals surface area contributed by atoms with Crippen molar-refractivity contribution < 1.29 is 13.5 Å². The number of sulfonamides is 1. The van der Waals surface area contributed by atoms with Gasteiger partial charge in [0.2, 0.25) is 0 Å². The lowest BCUT2D eigenvalue weighted by Gasteiger charge is -2.12. The van der Waals surface area contributed by atoms with Crippen molar-refractivity contribution in [2.75, 3.05) is 4.72 Å². The van der Waals surface area contributed by atoms with Crippen LogP contribution in [0.25, 0.3) is 0 Å². The number of aryl methyl sites for hydroxylation is 2. The van der Waals surface area contributed by atoms with E-state index < -0.39 is 10.0 Å². The number of rotatable bonds is 4. The molecule has 1 heterocycles. The molecule has 0 aliphatic carbocycles. The van der Waals surface area contributed by atoms with Crippen LogP contribution < -0.4 is 4.72 Å². The number of aliphatic hydroxyl groups excluding tert-OH is 1. The smallest absolute Gasteiger partial charge is 0.263 e. The Morgan fingerprint density at radius 3 is 2.57 bits per heavy atom. The predicted molar refractivity (Wildman–Crippen MR) is 84.6 cm³/mol. The minimum atomic E-state index is -3.75. The monoisotopic (exact) mass is 370 g/mol. The third-order valence-electron chi connectivity index (χ3n) is 3.00. The van der Waals surface area contributed by atoms with Crippen molar-refractivity contribution in [3.63, 3.8) is 0 Å². The molecule has 0 saturated carbocycles. The summed E-state index contributed by atoms with van der Waals surface area (Å²) in [6.07, 6.45) is 1.53. The van der Waals surface area contributed by atoms with Crippen molar-refractivity contribution in [1.29, 1.82) is 0 Å². The van der Waals surface area contributed by atoms with E-state index in [-0.39, 0.29) is 17.3 Å². The number of pyridine rings is 1. The molecule has 2 aromatic rings. The van der Waals surface area contributed by atoms with E-state index in [0.29, 0.717) is 16.7 Å². The maximum atomic E-state index is 12.5. The summed E-state index contributed by atoms with van der Waals surface area (Å²) in [6, 6.07) is 6.60. The van der Waals surface area contributed by atoms with Crippen LogP contribution in [0.15, 0.2) is 39.8 Å². The highest BCUT2D eigenvalue weighted by molar-refractivity contribution is 9.10.